The van der Waals surface area contributed by atoms with Crippen LogP contribution in [0.3, 0.4) is 0 Å². The predicted molar refractivity (Wildman–Crippen MR) is 74.8 cm³/mol. The number of anilines is 1. The molecule has 18 heavy (non-hydrogen) atoms. The van der Waals surface area contributed by atoms with E-state index in [9.17, 15) is 4.79 Å². The highest BCUT2D eigenvalue weighted by molar-refractivity contribution is 8.00. The first-order valence-electron chi connectivity index (χ1n) is 6.40. The van der Waals surface area contributed by atoms with Gasteiger partial charge in [0.2, 0.25) is 0 Å². The van der Waals surface area contributed by atoms with Crippen molar-refractivity contribution >= 4 is 23.4 Å². The second kappa shape index (κ2) is 5.65. The zero-order valence-corrected chi connectivity index (χ0v) is 11.7. The van der Waals surface area contributed by atoms with Crippen LogP contribution in [-0.4, -0.2) is 45.1 Å². The molecule has 1 aromatic rings. The summed E-state index contributed by atoms with van der Waals surface area (Å²) < 4.78 is 0. The summed E-state index contributed by atoms with van der Waals surface area (Å²) in [6.07, 6.45) is 1.85. The van der Waals surface area contributed by atoms with Crippen molar-refractivity contribution in [3.05, 3.63) is 11.4 Å². The Morgan fingerprint density at radius 3 is 3.00 bits per heavy atom. The third-order valence-corrected chi connectivity index (χ3v) is 4.69. The van der Waals surface area contributed by atoms with E-state index in [0.717, 1.165) is 37.4 Å². The lowest BCUT2D eigenvalue weighted by atomic mass is 10.2. The molecule has 1 atom stereocenters. The topological polar surface area (TPSA) is 75.0 Å². The number of carbonyl (C=O) groups excluding carboxylic acids is 1. The lowest BCUT2D eigenvalue weighted by molar-refractivity contribution is 0.0756. The molecule has 0 spiro atoms. The van der Waals surface area contributed by atoms with Gasteiger partial charge >= 0.3 is 0 Å². The number of H-pyrrole nitrogens is 1. The van der Waals surface area contributed by atoms with Crippen molar-refractivity contribution < 1.29 is 4.79 Å². The second-order valence-electron chi connectivity index (χ2n) is 4.47. The lowest BCUT2D eigenvalue weighted by Crippen LogP contribution is -2.42. The average Bonchev–Trinajstić information content (AvgIpc) is 2.79. The van der Waals surface area contributed by atoms with Gasteiger partial charge in [0.1, 0.15) is 0 Å². The zero-order valence-electron chi connectivity index (χ0n) is 10.9. The van der Waals surface area contributed by atoms with Crippen LogP contribution in [0.4, 0.5) is 5.69 Å². The number of hydrogen-bond donors (Lipinski definition) is 2. The Kier molecular flexibility index (Phi) is 4.16. The summed E-state index contributed by atoms with van der Waals surface area (Å²) in [5.74, 6) is 0.956. The van der Waals surface area contributed by atoms with Gasteiger partial charge in [-0.1, -0.05) is 13.8 Å². The molecule has 1 unspecified atom stereocenters. The molecule has 100 valence electrons. The fourth-order valence-electron chi connectivity index (χ4n) is 2.12. The highest BCUT2D eigenvalue weighted by Crippen LogP contribution is 2.24. The number of aromatic nitrogens is 2. The van der Waals surface area contributed by atoms with Crippen molar-refractivity contribution in [2.45, 2.75) is 31.9 Å². The van der Waals surface area contributed by atoms with Crippen LogP contribution in [0.1, 0.15) is 36.5 Å². The molecule has 1 saturated heterocycles. The number of nitrogen functional groups attached to an aromatic ring is 1. The summed E-state index contributed by atoms with van der Waals surface area (Å²) in [5, 5.41) is 7.44. The maximum Gasteiger partial charge on any atom is 0.276 e. The largest absolute Gasteiger partial charge is 0.395 e. The summed E-state index contributed by atoms with van der Waals surface area (Å²) in [6.45, 7) is 5.73. The molecule has 1 aromatic heterocycles. The molecule has 6 heteroatoms. The Morgan fingerprint density at radius 2 is 2.39 bits per heavy atom. The summed E-state index contributed by atoms with van der Waals surface area (Å²) in [5.41, 5.74) is 7.68. The number of thioether (sulfide) groups is 1. The van der Waals surface area contributed by atoms with Crippen LogP contribution in [0.15, 0.2) is 0 Å². The van der Waals surface area contributed by atoms with Gasteiger partial charge in [0.15, 0.2) is 5.69 Å². The van der Waals surface area contributed by atoms with E-state index in [-0.39, 0.29) is 5.91 Å². The third kappa shape index (κ3) is 2.48. The van der Waals surface area contributed by atoms with E-state index in [1.54, 1.807) is 0 Å². The molecule has 2 rings (SSSR count). The first-order chi connectivity index (χ1) is 8.67. The number of nitrogens with one attached hydrogen (secondary N) is 1. The van der Waals surface area contributed by atoms with E-state index in [4.69, 9.17) is 5.73 Å². The molecule has 5 nitrogen and oxygen atoms in total. The van der Waals surface area contributed by atoms with Crippen LogP contribution in [0.25, 0.3) is 0 Å². The Hall–Kier alpha value is -1.17. The van der Waals surface area contributed by atoms with Gasteiger partial charge in [0.05, 0.1) is 11.4 Å². The number of nitrogens with two attached hydrogens (primary N) is 1. The molecule has 1 aliphatic heterocycles. The van der Waals surface area contributed by atoms with Gasteiger partial charge in [-0.05, 0) is 12.8 Å². The number of carbonyl (C=O) groups is 1. The molecule has 0 saturated carbocycles. The Balaban J connectivity index is 2.12. The van der Waals surface area contributed by atoms with Crippen LogP contribution >= 0.6 is 11.8 Å². The number of nitrogens with zero attached hydrogens (tertiary/aromatic N) is 2. The van der Waals surface area contributed by atoms with Crippen LogP contribution in [0, 0.1) is 0 Å². The van der Waals surface area contributed by atoms with Crippen LogP contribution in [0.5, 0.6) is 0 Å². The first-order valence-corrected chi connectivity index (χ1v) is 7.45. The fourth-order valence-corrected chi connectivity index (χ4v) is 3.30. The van der Waals surface area contributed by atoms with Crippen molar-refractivity contribution in [2.75, 3.05) is 24.6 Å². The quantitative estimate of drug-likeness (QED) is 0.871. The number of hydrogen-bond acceptors (Lipinski definition) is 4. The molecule has 0 aliphatic carbocycles. The number of rotatable bonds is 3. The summed E-state index contributed by atoms with van der Waals surface area (Å²) >= 11 is 1.94. The number of amides is 1. The molecule has 1 aliphatic rings. The highest BCUT2D eigenvalue weighted by Gasteiger charge is 2.27. The maximum absolute atomic E-state index is 12.4. The van der Waals surface area contributed by atoms with Crippen molar-refractivity contribution in [3.63, 3.8) is 0 Å². The molecule has 3 N–H and O–H groups in total. The standard InChI is InChI=1S/C12H20N4OS/c1-3-8-7-16(5-6-18-8)12(17)11-10(13)9(4-2)14-15-11/h8H,3-7,13H2,1-2H3,(H,14,15). The van der Waals surface area contributed by atoms with Gasteiger partial charge in [0, 0.05) is 24.1 Å². The second-order valence-corrected chi connectivity index (χ2v) is 5.88. The minimum atomic E-state index is -0.0396. The minimum Gasteiger partial charge on any atom is -0.395 e. The van der Waals surface area contributed by atoms with E-state index in [0.29, 0.717) is 16.6 Å². The Bertz CT molecular complexity index is 432. The molecule has 2 heterocycles. The normalized spacial score (nSPS) is 20.1. The van der Waals surface area contributed by atoms with Gasteiger partial charge in [-0.3, -0.25) is 9.89 Å². The van der Waals surface area contributed by atoms with Gasteiger partial charge in [-0.25, -0.2) is 0 Å². The maximum atomic E-state index is 12.4. The van der Waals surface area contributed by atoms with Gasteiger partial charge in [-0.15, -0.1) is 0 Å². The first kappa shape index (κ1) is 13.3. The molecular formula is C12H20N4OS. The van der Waals surface area contributed by atoms with Crippen LogP contribution < -0.4 is 5.73 Å². The molecule has 0 bridgehead atoms. The SMILES string of the molecule is CCc1[nH]nc(C(=O)N2CCSC(CC)C2)c1N. The average molecular weight is 268 g/mol. The fraction of sp³-hybridized carbons (Fsp3) is 0.667. The molecule has 0 radical (unpaired) electrons. The molecule has 1 amide bonds. The van der Waals surface area contributed by atoms with Gasteiger partial charge < -0.3 is 10.6 Å². The summed E-state index contributed by atoms with van der Waals surface area (Å²) in [7, 11) is 0. The van der Waals surface area contributed by atoms with Crippen molar-refractivity contribution in [2.24, 2.45) is 0 Å². The van der Waals surface area contributed by atoms with E-state index in [1.165, 1.54) is 0 Å². The van der Waals surface area contributed by atoms with E-state index in [2.05, 4.69) is 17.1 Å². The predicted octanol–water partition coefficient (Wildman–Crippen LogP) is 1.52. The smallest absolute Gasteiger partial charge is 0.276 e. The Morgan fingerprint density at radius 1 is 1.61 bits per heavy atom. The van der Waals surface area contributed by atoms with E-state index < -0.39 is 0 Å². The van der Waals surface area contributed by atoms with Crippen molar-refractivity contribution in [3.8, 4) is 0 Å². The number of aryl methyl sites for hydroxylation is 1. The van der Waals surface area contributed by atoms with Gasteiger partial charge in [0.25, 0.3) is 5.91 Å². The summed E-state index contributed by atoms with van der Waals surface area (Å²) in [4.78, 5) is 14.2. The monoisotopic (exact) mass is 268 g/mol. The van der Waals surface area contributed by atoms with Crippen molar-refractivity contribution in [1.29, 1.82) is 0 Å². The van der Waals surface area contributed by atoms with Gasteiger partial charge in [-0.2, -0.15) is 16.9 Å². The van der Waals surface area contributed by atoms with E-state index >= 15 is 0 Å². The minimum absolute atomic E-state index is 0.0396. The van der Waals surface area contributed by atoms with Crippen molar-refractivity contribution in [1.82, 2.24) is 15.1 Å². The molecule has 1 fully saturated rings. The highest BCUT2D eigenvalue weighted by atomic mass is 32.2. The molecular weight excluding hydrogens is 248 g/mol. The molecule has 0 aromatic carbocycles. The third-order valence-electron chi connectivity index (χ3n) is 3.32. The Labute approximate surface area is 111 Å². The zero-order chi connectivity index (χ0) is 13.1. The summed E-state index contributed by atoms with van der Waals surface area (Å²) in [6, 6.07) is 0. The van der Waals surface area contributed by atoms with E-state index in [1.807, 2.05) is 23.6 Å². The van der Waals surface area contributed by atoms with Crippen LogP contribution in [-0.2, 0) is 6.42 Å². The van der Waals surface area contributed by atoms with Crippen LogP contribution in [0.2, 0.25) is 0 Å². The number of aromatic amines is 1. The lowest BCUT2D eigenvalue weighted by Gasteiger charge is -2.31.